The van der Waals surface area contributed by atoms with Crippen molar-refractivity contribution >= 4 is 5.97 Å². The third-order valence-corrected chi connectivity index (χ3v) is 4.20. The van der Waals surface area contributed by atoms with Crippen molar-refractivity contribution in [2.24, 2.45) is 0 Å². The molecule has 0 aliphatic carbocycles. The van der Waals surface area contributed by atoms with Crippen LogP contribution in [0.2, 0.25) is 0 Å². The average molecular weight is 366 g/mol. The lowest BCUT2D eigenvalue weighted by Gasteiger charge is -2.24. The standard InChI is InChI=1S/C20H18N2O5/c1-2-13-7-9-14(10-8-13)19-21-18(27-22-19)12-25-20(23)17-11-24-15-5-3-4-6-16(15)26-17/h3-10,17H,2,11-12H2,1H3/t17-/m0/s1. The summed E-state index contributed by atoms with van der Waals surface area (Å²) in [6, 6.07) is 15.1. The molecule has 0 amide bonds. The molecule has 0 N–H and O–H groups in total. The highest BCUT2D eigenvalue weighted by Gasteiger charge is 2.29. The van der Waals surface area contributed by atoms with Gasteiger partial charge in [-0.15, -0.1) is 0 Å². The van der Waals surface area contributed by atoms with Gasteiger partial charge in [0.25, 0.3) is 5.89 Å². The summed E-state index contributed by atoms with van der Waals surface area (Å²) in [7, 11) is 0. The van der Waals surface area contributed by atoms with Crippen molar-refractivity contribution in [2.75, 3.05) is 6.61 Å². The van der Waals surface area contributed by atoms with Crippen molar-refractivity contribution in [2.45, 2.75) is 26.1 Å². The molecule has 1 aliphatic rings. The van der Waals surface area contributed by atoms with Gasteiger partial charge in [0.05, 0.1) is 0 Å². The molecule has 0 bridgehead atoms. The second kappa shape index (κ2) is 7.49. The number of nitrogens with zero attached hydrogens (tertiary/aromatic N) is 2. The van der Waals surface area contributed by atoms with E-state index in [4.69, 9.17) is 18.7 Å². The Labute approximate surface area is 155 Å². The first-order valence-electron chi connectivity index (χ1n) is 8.70. The van der Waals surface area contributed by atoms with Gasteiger partial charge in [-0.3, -0.25) is 0 Å². The van der Waals surface area contributed by atoms with Gasteiger partial charge in [-0.05, 0) is 24.1 Å². The van der Waals surface area contributed by atoms with E-state index >= 15 is 0 Å². The predicted octanol–water partition coefficient (Wildman–Crippen LogP) is 3.18. The van der Waals surface area contributed by atoms with E-state index in [0.717, 1.165) is 12.0 Å². The Balaban J connectivity index is 1.35. The largest absolute Gasteiger partial charge is 0.485 e. The minimum absolute atomic E-state index is 0.0920. The van der Waals surface area contributed by atoms with E-state index < -0.39 is 12.1 Å². The molecule has 3 aromatic rings. The second-order valence-electron chi connectivity index (χ2n) is 6.03. The first-order valence-corrected chi connectivity index (χ1v) is 8.70. The van der Waals surface area contributed by atoms with E-state index in [1.54, 1.807) is 12.1 Å². The fourth-order valence-electron chi connectivity index (χ4n) is 2.68. The monoisotopic (exact) mass is 366 g/mol. The lowest BCUT2D eigenvalue weighted by molar-refractivity contribution is -0.156. The van der Waals surface area contributed by atoms with E-state index in [-0.39, 0.29) is 19.1 Å². The molecule has 4 rings (SSSR count). The summed E-state index contributed by atoms with van der Waals surface area (Å²) >= 11 is 0. The van der Waals surface area contributed by atoms with Crippen LogP contribution in [-0.4, -0.2) is 28.8 Å². The molecular weight excluding hydrogens is 348 g/mol. The van der Waals surface area contributed by atoms with Crippen LogP contribution in [0.3, 0.4) is 0 Å². The predicted molar refractivity (Wildman–Crippen MR) is 95.3 cm³/mol. The molecule has 0 saturated heterocycles. The van der Waals surface area contributed by atoms with Crippen molar-refractivity contribution in [3.05, 3.63) is 60.0 Å². The molecule has 1 atom stereocenters. The zero-order valence-electron chi connectivity index (χ0n) is 14.8. The molecule has 0 unspecified atom stereocenters. The average Bonchev–Trinajstić information content (AvgIpc) is 3.21. The van der Waals surface area contributed by atoms with Gasteiger partial charge < -0.3 is 18.7 Å². The summed E-state index contributed by atoms with van der Waals surface area (Å²) in [6.07, 6.45) is 0.134. The summed E-state index contributed by atoms with van der Waals surface area (Å²) in [5.41, 5.74) is 2.07. The molecular formula is C20H18N2O5. The summed E-state index contributed by atoms with van der Waals surface area (Å²) in [4.78, 5) is 16.5. The first kappa shape index (κ1) is 17.1. The van der Waals surface area contributed by atoms with Gasteiger partial charge in [-0.2, -0.15) is 4.98 Å². The van der Waals surface area contributed by atoms with Crippen LogP contribution in [0.25, 0.3) is 11.4 Å². The third-order valence-electron chi connectivity index (χ3n) is 4.20. The van der Waals surface area contributed by atoms with Gasteiger partial charge >= 0.3 is 5.97 Å². The van der Waals surface area contributed by atoms with Crippen molar-refractivity contribution in [1.29, 1.82) is 0 Å². The summed E-state index contributed by atoms with van der Waals surface area (Å²) in [6.45, 7) is 2.06. The Morgan fingerprint density at radius 2 is 1.93 bits per heavy atom. The lowest BCUT2D eigenvalue weighted by atomic mass is 10.1. The fraction of sp³-hybridized carbons (Fsp3) is 0.250. The molecule has 0 fully saturated rings. The van der Waals surface area contributed by atoms with Crippen molar-refractivity contribution in [3.63, 3.8) is 0 Å². The Bertz CT molecular complexity index is 936. The lowest BCUT2D eigenvalue weighted by Crippen LogP contribution is -2.37. The van der Waals surface area contributed by atoms with E-state index in [9.17, 15) is 4.79 Å². The number of hydrogen-bond acceptors (Lipinski definition) is 7. The zero-order chi connectivity index (χ0) is 18.6. The van der Waals surface area contributed by atoms with Crippen molar-refractivity contribution in [3.8, 4) is 22.9 Å². The molecule has 7 nitrogen and oxygen atoms in total. The van der Waals surface area contributed by atoms with E-state index in [2.05, 4.69) is 17.1 Å². The van der Waals surface area contributed by atoms with Crippen molar-refractivity contribution in [1.82, 2.24) is 10.1 Å². The summed E-state index contributed by atoms with van der Waals surface area (Å²) in [5, 5.41) is 3.93. The summed E-state index contributed by atoms with van der Waals surface area (Å²) in [5.74, 6) is 1.25. The number of benzene rings is 2. The number of carbonyl (C=O) groups excluding carboxylic acids is 1. The molecule has 0 radical (unpaired) electrons. The van der Waals surface area contributed by atoms with Crippen LogP contribution < -0.4 is 9.47 Å². The van der Waals surface area contributed by atoms with Crippen LogP contribution in [0.5, 0.6) is 11.5 Å². The van der Waals surface area contributed by atoms with Crippen LogP contribution in [0.1, 0.15) is 18.4 Å². The molecule has 27 heavy (non-hydrogen) atoms. The quantitative estimate of drug-likeness (QED) is 0.641. The van der Waals surface area contributed by atoms with Crippen LogP contribution in [0.15, 0.2) is 53.1 Å². The maximum absolute atomic E-state index is 12.2. The highest BCUT2D eigenvalue weighted by atomic mass is 16.6. The molecule has 7 heteroatoms. The Kier molecular flexibility index (Phi) is 4.74. The number of aromatic nitrogens is 2. The number of fused-ring (bicyclic) bond motifs is 1. The number of ether oxygens (including phenoxy) is 3. The molecule has 1 aliphatic heterocycles. The third kappa shape index (κ3) is 3.76. The number of esters is 1. The number of aryl methyl sites for hydroxylation is 1. The SMILES string of the molecule is CCc1ccc(-c2noc(COC(=O)[C@@H]3COc4ccccc4O3)n2)cc1. The number of para-hydroxylation sites is 2. The molecule has 2 aromatic carbocycles. The van der Waals surface area contributed by atoms with E-state index in [1.165, 1.54) is 5.56 Å². The number of rotatable bonds is 5. The minimum Gasteiger partial charge on any atom is -0.485 e. The van der Waals surface area contributed by atoms with Crippen LogP contribution in [0, 0.1) is 0 Å². The van der Waals surface area contributed by atoms with Crippen LogP contribution >= 0.6 is 0 Å². The molecule has 2 heterocycles. The molecule has 138 valence electrons. The zero-order valence-corrected chi connectivity index (χ0v) is 14.8. The molecule has 1 aromatic heterocycles. The Morgan fingerprint density at radius 3 is 2.70 bits per heavy atom. The summed E-state index contributed by atoms with van der Waals surface area (Å²) < 4.78 is 21.5. The van der Waals surface area contributed by atoms with Gasteiger partial charge in [-0.25, -0.2) is 4.79 Å². The highest BCUT2D eigenvalue weighted by molar-refractivity contribution is 5.76. The maximum Gasteiger partial charge on any atom is 0.351 e. The van der Waals surface area contributed by atoms with E-state index in [0.29, 0.717) is 17.3 Å². The van der Waals surface area contributed by atoms with Gasteiger partial charge in [0.2, 0.25) is 11.9 Å². The van der Waals surface area contributed by atoms with Gasteiger partial charge in [0.1, 0.15) is 6.61 Å². The van der Waals surface area contributed by atoms with Crippen LogP contribution in [0.4, 0.5) is 0 Å². The fourth-order valence-corrected chi connectivity index (χ4v) is 2.68. The minimum atomic E-state index is -0.830. The Hall–Kier alpha value is -3.35. The first-order chi connectivity index (χ1) is 13.2. The maximum atomic E-state index is 12.2. The molecule has 0 spiro atoms. The van der Waals surface area contributed by atoms with Gasteiger partial charge in [0.15, 0.2) is 18.1 Å². The topological polar surface area (TPSA) is 83.7 Å². The highest BCUT2D eigenvalue weighted by Crippen LogP contribution is 2.31. The van der Waals surface area contributed by atoms with Gasteiger partial charge in [0, 0.05) is 5.56 Å². The second-order valence-corrected chi connectivity index (χ2v) is 6.03. The number of carbonyl (C=O) groups is 1. The normalized spacial score (nSPS) is 15.4. The van der Waals surface area contributed by atoms with E-state index in [1.807, 2.05) is 36.4 Å². The van der Waals surface area contributed by atoms with Crippen molar-refractivity contribution < 1.29 is 23.5 Å². The van der Waals surface area contributed by atoms with Gasteiger partial charge in [-0.1, -0.05) is 48.5 Å². The molecule has 0 saturated carbocycles. The number of hydrogen-bond donors (Lipinski definition) is 0. The smallest absolute Gasteiger partial charge is 0.351 e. The van der Waals surface area contributed by atoms with Crippen LogP contribution in [-0.2, 0) is 22.6 Å². The Morgan fingerprint density at radius 1 is 1.15 bits per heavy atom.